The van der Waals surface area contributed by atoms with Crippen molar-refractivity contribution >= 4 is 27.3 Å². The standard InChI is InChI=1S/C13H14FNO2S/c1-8(4-5-16)15-13(17)12-7-9-6-10(14)2-3-11(9)18-12/h2-3,6-8,16H,4-5H2,1H3,(H,15,17). The maximum Gasteiger partial charge on any atom is 0.261 e. The molecule has 0 radical (unpaired) electrons. The number of halogens is 1. The van der Waals surface area contributed by atoms with Crippen LogP contribution in [0.15, 0.2) is 24.3 Å². The van der Waals surface area contributed by atoms with Gasteiger partial charge in [0.15, 0.2) is 0 Å². The lowest BCUT2D eigenvalue weighted by Gasteiger charge is -2.10. The van der Waals surface area contributed by atoms with Crippen molar-refractivity contribution in [3.8, 4) is 0 Å². The van der Waals surface area contributed by atoms with Crippen LogP contribution in [0.3, 0.4) is 0 Å². The largest absolute Gasteiger partial charge is 0.396 e. The lowest BCUT2D eigenvalue weighted by Crippen LogP contribution is -2.32. The number of fused-ring (bicyclic) bond motifs is 1. The molecule has 1 unspecified atom stereocenters. The Bertz CT molecular complexity index is 567. The normalized spacial score (nSPS) is 12.6. The van der Waals surface area contributed by atoms with Crippen LogP contribution in [-0.2, 0) is 0 Å². The van der Waals surface area contributed by atoms with Gasteiger partial charge in [-0.05, 0) is 43.0 Å². The first-order chi connectivity index (χ1) is 8.60. The smallest absolute Gasteiger partial charge is 0.261 e. The average Bonchev–Trinajstić information content (AvgIpc) is 2.72. The summed E-state index contributed by atoms with van der Waals surface area (Å²) >= 11 is 1.33. The van der Waals surface area contributed by atoms with E-state index in [2.05, 4.69) is 5.32 Å². The number of aliphatic hydroxyl groups is 1. The first-order valence-corrected chi connectivity index (χ1v) is 6.52. The van der Waals surface area contributed by atoms with Crippen molar-refractivity contribution in [2.24, 2.45) is 0 Å². The van der Waals surface area contributed by atoms with Crippen molar-refractivity contribution in [1.29, 1.82) is 0 Å². The van der Waals surface area contributed by atoms with Crippen LogP contribution in [0.5, 0.6) is 0 Å². The minimum absolute atomic E-state index is 0.0407. The molecule has 1 heterocycles. The van der Waals surface area contributed by atoms with Gasteiger partial charge < -0.3 is 10.4 Å². The number of benzene rings is 1. The number of carbonyl (C=O) groups is 1. The maximum atomic E-state index is 13.0. The number of carbonyl (C=O) groups excluding carboxylic acids is 1. The molecule has 1 atom stereocenters. The fourth-order valence-corrected chi connectivity index (χ4v) is 2.63. The van der Waals surface area contributed by atoms with E-state index in [1.54, 1.807) is 12.1 Å². The van der Waals surface area contributed by atoms with E-state index in [0.29, 0.717) is 11.3 Å². The third-order valence-corrected chi connectivity index (χ3v) is 3.76. The van der Waals surface area contributed by atoms with E-state index >= 15 is 0 Å². The highest BCUT2D eigenvalue weighted by Gasteiger charge is 2.12. The van der Waals surface area contributed by atoms with Crippen LogP contribution in [0, 0.1) is 5.82 Å². The van der Waals surface area contributed by atoms with Gasteiger partial charge in [-0.1, -0.05) is 0 Å². The molecular formula is C13H14FNO2S. The SMILES string of the molecule is CC(CCO)NC(=O)c1cc2cc(F)ccc2s1. The highest BCUT2D eigenvalue weighted by atomic mass is 32.1. The molecule has 0 saturated heterocycles. The number of thiophene rings is 1. The minimum atomic E-state index is -0.305. The number of aliphatic hydroxyl groups excluding tert-OH is 1. The van der Waals surface area contributed by atoms with E-state index < -0.39 is 0 Å². The monoisotopic (exact) mass is 267 g/mol. The van der Waals surface area contributed by atoms with Gasteiger partial charge in [0.25, 0.3) is 5.91 Å². The molecule has 0 fully saturated rings. The lowest BCUT2D eigenvalue weighted by molar-refractivity contribution is 0.0938. The number of nitrogens with one attached hydrogen (secondary N) is 1. The fraction of sp³-hybridized carbons (Fsp3) is 0.308. The summed E-state index contributed by atoms with van der Waals surface area (Å²) in [5.41, 5.74) is 0. The third kappa shape index (κ3) is 2.86. The second-order valence-corrected chi connectivity index (χ2v) is 5.26. The summed E-state index contributed by atoms with van der Waals surface area (Å²) in [6.45, 7) is 1.88. The van der Waals surface area contributed by atoms with Crippen LogP contribution in [0.25, 0.3) is 10.1 Å². The molecule has 2 N–H and O–H groups in total. The van der Waals surface area contributed by atoms with E-state index in [0.717, 1.165) is 10.1 Å². The predicted octanol–water partition coefficient (Wildman–Crippen LogP) is 2.54. The third-order valence-electron chi connectivity index (χ3n) is 2.64. The van der Waals surface area contributed by atoms with Gasteiger partial charge in [0.05, 0.1) is 4.88 Å². The first-order valence-electron chi connectivity index (χ1n) is 5.71. The maximum absolute atomic E-state index is 13.0. The predicted molar refractivity (Wildman–Crippen MR) is 70.4 cm³/mol. The number of amides is 1. The molecule has 2 aromatic rings. The molecule has 0 saturated carbocycles. The first kappa shape index (κ1) is 13.0. The topological polar surface area (TPSA) is 49.3 Å². The van der Waals surface area contributed by atoms with Crippen molar-refractivity contribution in [2.45, 2.75) is 19.4 Å². The number of hydrogen-bond donors (Lipinski definition) is 2. The van der Waals surface area contributed by atoms with E-state index in [1.165, 1.54) is 23.5 Å². The van der Waals surface area contributed by atoms with Gasteiger partial charge in [-0.15, -0.1) is 11.3 Å². The summed E-state index contributed by atoms with van der Waals surface area (Å²) in [7, 11) is 0. The average molecular weight is 267 g/mol. The Morgan fingerprint density at radius 2 is 2.28 bits per heavy atom. The van der Waals surface area contributed by atoms with Crippen molar-refractivity contribution in [3.63, 3.8) is 0 Å². The lowest BCUT2D eigenvalue weighted by atomic mass is 10.2. The van der Waals surface area contributed by atoms with E-state index in [4.69, 9.17) is 5.11 Å². The molecule has 0 bridgehead atoms. The molecule has 1 amide bonds. The number of hydrogen-bond acceptors (Lipinski definition) is 3. The van der Waals surface area contributed by atoms with Crippen LogP contribution in [0.4, 0.5) is 4.39 Å². The summed E-state index contributed by atoms with van der Waals surface area (Å²) in [6.07, 6.45) is 0.519. The van der Waals surface area contributed by atoms with Crippen molar-refractivity contribution in [2.75, 3.05) is 6.61 Å². The summed E-state index contributed by atoms with van der Waals surface area (Å²) < 4.78 is 13.9. The van der Waals surface area contributed by atoms with Crippen LogP contribution in [0.2, 0.25) is 0 Å². The van der Waals surface area contributed by atoms with E-state index in [-0.39, 0.29) is 24.4 Å². The van der Waals surface area contributed by atoms with Gasteiger partial charge in [-0.3, -0.25) is 4.79 Å². The molecule has 96 valence electrons. The second-order valence-electron chi connectivity index (χ2n) is 4.18. The van der Waals surface area contributed by atoms with Crippen molar-refractivity contribution in [1.82, 2.24) is 5.32 Å². The Labute approximate surface area is 108 Å². The molecule has 0 aliphatic rings. The zero-order chi connectivity index (χ0) is 13.1. The zero-order valence-electron chi connectivity index (χ0n) is 9.94. The highest BCUT2D eigenvalue weighted by molar-refractivity contribution is 7.20. The fourth-order valence-electron chi connectivity index (χ4n) is 1.69. The molecule has 0 aliphatic heterocycles. The number of rotatable bonds is 4. The van der Waals surface area contributed by atoms with E-state index in [9.17, 15) is 9.18 Å². The van der Waals surface area contributed by atoms with Crippen LogP contribution in [0.1, 0.15) is 23.0 Å². The molecule has 18 heavy (non-hydrogen) atoms. The van der Waals surface area contributed by atoms with Gasteiger partial charge in [0.2, 0.25) is 0 Å². The quantitative estimate of drug-likeness (QED) is 0.894. The Morgan fingerprint density at radius 1 is 1.50 bits per heavy atom. The molecule has 1 aromatic carbocycles. The second kappa shape index (κ2) is 5.46. The van der Waals surface area contributed by atoms with Crippen LogP contribution >= 0.6 is 11.3 Å². The van der Waals surface area contributed by atoms with Crippen LogP contribution in [-0.4, -0.2) is 23.7 Å². The van der Waals surface area contributed by atoms with Gasteiger partial charge in [0.1, 0.15) is 5.82 Å². The molecule has 5 heteroatoms. The summed E-state index contributed by atoms with van der Waals surface area (Å²) in [4.78, 5) is 12.5. The van der Waals surface area contributed by atoms with Crippen molar-refractivity contribution < 1.29 is 14.3 Å². The van der Waals surface area contributed by atoms with Gasteiger partial charge in [0, 0.05) is 17.3 Å². The minimum Gasteiger partial charge on any atom is -0.396 e. The van der Waals surface area contributed by atoms with E-state index in [1.807, 2.05) is 6.92 Å². The molecule has 2 rings (SSSR count). The summed E-state index contributed by atoms with van der Waals surface area (Å²) in [5.74, 6) is -0.488. The summed E-state index contributed by atoms with van der Waals surface area (Å²) in [6, 6.07) is 6.08. The van der Waals surface area contributed by atoms with Gasteiger partial charge in [-0.2, -0.15) is 0 Å². The molecular weight excluding hydrogens is 253 g/mol. The molecule has 3 nitrogen and oxygen atoms in total. The Kier molecular flexibility index (Phi) is 3.93. The van der Waals surface area contributed by atoms with Crippen LogP contribution < -0.4 is 5.32 Å². The Hall–Kier alpha value is -1.46. The van der Waals surface area contributed by atoms with Gasteiger partial charge in [-0.25, -0.2) is 4.39 Å². The molecule has 0 spiro atoms. The van der Waals surface area contributed by atoms with Gasteiger partial charge >= 0.3 is 0 Å². The Balaban J connectivity index is 2.18. The highest BCUT2D eigenvalue weighted by Crippen LogP contribution is 2.26. The van der Waals surface area contributed by atoms with Crippen molar-refractivity contribution in [3.05, 3.63) is 35.0 Å². The Morgan fingerprint density at radius 3 is 3.00 bits per heavy atom. The molecule has 1 aromatic heterocycles. The zero-order valence-corrected chi connectivity index (χ0v) is 10.8. The molecule has 0 aliphatic carbocycles. The summed E-state index contributed by atoms with van der Waals surface area (Å²) in [5, 5.41) is 12.3.